The second kappa shape index (κ2) is 5.14. The van der Waals surface area contributed by atoms with E-state index in [-0.39, 0.29) is 10.6 Å². The van der Waals surface area contributed by atoms with Gasteiger partial charge in [-0.05, 0) is 26.1 Å². The highest BCUT2D eigenvalue weighted by atomic mass is 32.2. The molecule has 0 radical (unpaired) electrons. The van der Waals surface area contributed by atoms with Gasteiger partial charge in [-0.3, -0.25) is 0 Å². The Kier molecular flexibility index (Phi) is 3.69. The van der Waals surface area contributed by atoms with Crippen molar-refractivity contribution < 1.29 is 13.2 Å². The molecule has 0 spiro atoms. The van der Waals surface area contributed by atoms with Gasteiger partial charge in [-0.2, -0.15) is 5.10 Å². The Morgan fingerprint density at radius 2 is 2.05 bits per heavy atom. The Bertz CT molecular complexity index is 737. The number of benzene rings is 1. The van der Waals surface area contributed by atoms with Crippen molar-refractivity contribution in [2.24, 2.45) is 7.05 Å². The second-order valence-electron chi connectivity index (χ2n) is 4.26. The maximum absolute atomic E-state index is 11.7. The first kappa shape index (κ1) is 14.4. The summed E-state index contributed by atoms with van der Waals surface area (Å²) in [4.78, 5) is 0.0218. The summed E-state index contributed by atoms with van der Waals surface area (Å²) >= 11 is 0. The zero-order valence-electron chi connectivity index (χ0n) is 11.4. The lowest BCUT2D eigenvalue weighted by atomic mass is 10.3. The molecule has 0 aliphatic heterocycles. The number of anilines is 1. The standard InChI is InChI=1S/C12H16N4O3S/c1-8-6-12(16(3)15-8)19-9-4-5-11(10(13)7-9)20(17,18)14-2/h4-7,14H,13H2,1-3H3. The van der Waals surface area contributed by atoms with Crippen LogP contribution in [0.1, 0.15) is 5.69 Å². The summed E-state index contributed by atoms with van der Waals surface area (Å²) in [6.45, 7) is 1.85. The molecule has 1 aromatic carbocycles. The summed E-state index contributed by atoms with van der Waals surface area (Å²) in [5.74, 6) is 0.992. The summed E-state index contributed by atoms with van der Waals surface area (Å²) in [5.41, 5.74) is 6.70. The number of ether oxygens (including phenoxy) is 1. The van der Waals surface area contributed by atoms with Crippen LogP contribution >= 0.6 is 0 Å². The smallest absolute Gasteiger partial charge is 0.242 e. The van der Waals surface area contributed by atoms with Crippen LogP contribution in [0.4, 0.5) is 5.69 Å². The molecule has 0 bridgehead atoms. The minimum atomic E-state index is -3.57. The van der Waals surface area contributed by atoms with Crippen LogP contribution < -0.4 is 15.2 Å². The van der Waals surface area contributed by atoms with Crippen molar-refractivity contribution in [1.29, 1.82) is 0 Å². The van der Waals surface area contributed by atoms with Crippen molar-refractivity contribution in [3.05, 3.63) is 30.0 Å². The topological polar surface area (TPSA) is 99.2 Å². The van der Waals surface area contributed by atoms with Gasteiger partial charge in [-0.25, -0.2) is 17.8 Å². The minimum absolute atomic E-state index is 0.0218. The fraction of sp³-hybridized carbons (Fsp3) is 0.250. The summed E-state index contributed by atoms with van der Waals surface area (Å²) in [7, 11) is -0.484. The lowest BCUT2D eigenvalue weighted by Gasteiger charge is -2.09. The fourth-order valence-corrected chi connectivity index (χ4v) is 2.58. The maximum Gasteiger partial charge on any atom is 0.242 e. The third kappa shape index (κ3) is 2.75. The summed E-state index contributed by atoms with van der Waals surface area (Å²) < 4.78 is 32.8. The number of nitrogen functional groups attached to an aromatic ring is 1. The van der Waals surface area contributed by atoms with Crippen molar-refractivity contribution in [3.63, 3.8) is 0 Å². The molecule has 108 valence electrons. The number of aryl methyl sites for hydroxylation is 2. The van der Waals surface area contributed by atoms with Gasteiger partial charge in [0, 0.05) is 19.2 Å². The first-order chi connectivity index (χ1) is 9.33. The van der Waals surface area contributed by atoms with E-state index in [1.165, 1.54) is 19.2 Å². The lowest BCUT2D eigenvalue weighted by molar-refractivity contribution is 0.430. The number of nitrogens with one attached hydrogen (secondary N) is 1. The molecule has 2 rings (SSSR count). The number of nitrogens with zero attached hydrogens (tertiary/aromatic N) is 2. The van der Waals surface area contributed by atoms with Crippen LogP contribution in [0.3, 0.4) is 0 Å². The minimum Gasteiger partial charge on any atom is -0.439 e. The molecule has 0 amide bonds. The molecule has 0 aliphatic rings. The van der Waals surface area contributed by atoms with Crippen LogP contribution in [0, 0.1) is 6.92 Å². The van der Waals surface area contributed by atoms with Gasteiger partial charge in [-0.15, -0.1) is 0 Å². The van der Waals surface area contributed by atoms with E-state index in [1.807, 2.05) is 6.92 Å². The second-order valence-corrected chi connectivity index (χ2v) is 6.11. The molecule has 0 saturated carbocycles. The van der Waals surface area contributed by atoms with Crippen LogP contribution in [0.25, 0.3) is 0 Å². The van der Waals surface area contributed by atoms with Gasteiger partial charge in [0.1, 0.15) is 10.6 Å². The van der Waals surface area contributed by atoms with E-state index in [9.17, 15) is 8.42 Å². The molecule has 0 unspecified atom stereocenters. The van der Waals surface area contributed by atoms with Crippen molar-refractivity contribution >= 4 is 15.7 Å². The first-order valence-corrected chi connectivity index (χ1v) is 7.33. The van der Waals surface area contributed by atoms with E-state index >= 15 is 0 Å². The predicted octanol–water partition coefficient (Wildman–Crippen LogP) is 1.01. The van der Waals surface area contributed by atoms with Crippen LogP contribution in [0.2, 0.25) is 0 Å². The highest BCUT2D eigenvalue weighted by Gasteiger charge is 2.16. The van der Waals surface area contributed by atoms with Crippen molar-refractivity contribution in [2.75, 3.05) is 12.8 Å². The number of nitrogens with two attached hydrogens (primary N) is 1. The van der Waals surface area contributed by atoms with E-state index in [1.54, 1.807) is 23.9 Å². The molecule has 0 saturated heterocycles. The molecule has 1 heterocycles. The molecule has 8 heteroatoms. The molecular formula is C12H16N4O3S. The molecule has 0 atom stereocenters. The third-order valence-electron chi connectivity index (χ3n) is 2.72. The highest BCUT2D eigenvalue weighted by molar-refractivity contribution is 7.89. The molecule has 7 nitrogen and oxygen atoms in total. The fourth-order valence-electron chi connectivity index (χ4n) is 1.75. The molecule has 1 aromatic heterocycles. The molecule has 0 fully saturated rings. The average Bonchev–Trinajstić information content (AvgIpc) is 2.67. The summed E-state index contributed by atoms with van der Waals surface area (Å²) in [6.07, 6.45) is 0. The van der Waals surface area contributed by atoms with Gasteiger partial charge in [-0.1, -0.05) is 0 Å². The number of aromatic nitrogens is 2. The van der Waals surface area contributed by atoms with Gasteiger partial charge in [0.25, 0.3) is 0 Å². The highest BCUT2D eigenvalue weighted by Crippen LogP contribution is 2.27. The molecule has 2 aromatic rings. The first-order valence-electron chi connectivity index (χ1n) is 5.85. The van der Waals surface area contributed by atoms with E-state index in [0.29, 0.717) is 11.6 Å². The van der Waals surface area contributed by atoms with Gasteiger partial charge >= 0.3 is 0 Å². The van der Waals surface area contributed by atoms with Crippen LogP contribution in [-0.4, -0.2) is 25.2 Å². The lowest BCUT2D eigenvalue weighted by Crippen LogP contribution is -2.19. The van der Waals surface area contributed by atoms with Gasteiger partial charge in [0.15, 0.2) is 0 Å². The molecule has 0 aliphatic carbocycles. The monoisotopic (exact) mass is 296 g/mol. The third-order valence-corrected chi connectivity index (χ3v) is 4.21. The van der Waals surface area contributed by atoms with Crippen molar-refractivity contribution in [1.82, 2.24) is 14.5 Å². The van der Waals surface area contributed by atoms with E-state index in [2.05, 4.69) is 9.82 Å². The SMILES string of the molecule is CNS(=O)(=O)c1ccc(Oc2cc(C)nn2C)cc1N. The quantitative estimate of drug-likeness (QED) is 0.820. The van der Waals surface area contributed by atoms with Crippen molar-refractivity contribution in [3.8, 4) is 11.6 Å². The van der Waals surface area contributed by atoms with Gasteiger partial charge in [0.05, 0.1) is 11.4 Å². The maximum atomic E-state index is 11.7. The normalized spacial score (nSPS) is 11.6. The zero-order chi connectivity index (χ0) is 14.9. The number of hydrogen-bond donors (Lipinski definition) is 2. The predicted molar refractivity (Wildman–Crippen MR) is 75.1 cm³/mol. The Labute approximate surface area is 117 Å². The zero-order valence-corrected chi connectivity index (χ0v) is 12.2. The van der Waals surface area contributed by atoms with E-state index in [4.69, 9.17) is 10.5 Å². The van der Waals surface area contributed by atoms with E-state index < -0.39 is 10.0 Å². The summed E-state index contributed by atoms with van der Waals surface area (Å²) in [6, 6.07) is 6.18. The number of rotatable bonds is 4. The largest absolute Gasteiger partial charge is 0.439 e. The van der Waals surface area contributed by atoms with E-state index in [0.717, 1.165) is 5.69 Å². The Morgan fingerprint density at radius 1 is 1.35 bits per heavy atom. The molecule has 20 heavy (non-hydrogen) atoms. The average molecular weight is 296 g/mol. The van der Waals surface area contributed by atoms with Crippen LogP contribution in [-0.2, 0) is 17.1 Å². The Morgan fingerprint density at radius 3 is 2.55 bits per heavy atom. The summed E-state index contributed by atoms with van der Waals surface area (Å²) in [5, 5.41) is 4.15. The molecular weight excluding hydrogens is 280 g/mol. The number of sulfonamides is 1. The van der Waals surface area contributed by atoms with Crippen LogP contribution in [0.15, 0.2) is 29.2 Å². The Hall–Kier alpha value is -2.06. The van der Waals surface area contributed by atoms with Crippen LogP contribution in [0.5, 0.6) is 11.6 Å². The number of hydrogen-bond acceptors (Lipinski definition) is 5. The molecule has 3 N–H and O–H groups in total. The van der Waals surface area contributed by atoms with Gasteiger partial charge < -0.3 is 10.5 Å². The van der Waals surface area contributed by atoms with Crippen molar-refractivity contribution in [2.45, 2.75) is 11.8 Å². The Balaban J connectivity index is 2.33. The van der Waals surface area contributed by atoms with Gasteiger partial charge in [0.2, 0.25) is 15.9 Å².